The molecule has 3 rings (SSSR count). The minimum absolute atomic E-state index is 0.0231. The second-order valence-electron chi connectivity index (χ2n) is 5.92. The number of aliphatic carboxylic acids is 1. The van der Waals surface area contributed by atoms with Crippen molar-refractivity contribution in [1.82, 2.24) is 19.8 Å². The molecule has 0 aliphatic carbocycles. The summed E-state index contributed by atoms with van der Waals surface area (Å²) >= 11 is 0. The molecule has 0 saturated carbocycles. The van der Waals surface area contributed by atoms with Gasteiger partial charge in [-0.1, -0.05) is 37.3 Å². The molecule has 7 heteroatoms. The zero-order chi connectivity index (χ0) is 17.6. The first-order valence-corrected chi connectivity index (χ1v) is 8.39. The first-order valence-electron chi connectivity index (χ1n) is 8.39. The first kappa shape index (κ1) is 16.9. The van der Waals surface area contributed by atoms with Crippen LogP contribution in [-0.2, 0) is 17.6 Å². The number of nitrogens with zero attached hydrogens (tertiary/aromatic N) is 4. The number of nitrogens with one attached hydrogen (secondary N) is 1. The lowest BCUT2D eigenvalue weighted by Gasteiger charge is -2.19. The van der Waals surface area contributed by atoms with Gasteiger partial charge in [0, 0.05) is 18.9 Å². The van der Waals surface area contributed by atoms with Crippen LogP contribution in [0.4, 0.5) is 5.82 Å². The molecule has 0 fully saturated rings. The minimum atomic E-state index is -0.796. The van der Waals surface area contributed by atoms with Crippen LogP contribution in [0, 0.1) is 0 Å². The van der Waals surface area contributed by atoms with Crippen molar-refractivity contribution >= 4 is 17.4 Å². The molecule has 1 unspecified atom stereocenters. The smallest absolute Gasteiger partial charge is 0.303 e. The van der Waals surface area contributed by atoms with Crippen molar-refractivity contribution in [2.45, 2.75) is 38.6 Å². The van der Waals surface area contributed by atoms with Gasteiger partial charge in [0.15, 0.2) is 11.5 Å². The maximum absolute atomic E-state index is 11.0. The molecular weight excluding hydrogens is 318 g/mol. The Hall–Kier alpha value is -2.96. The minimum Gasteiger partial charge on any atom is -0.481 e. The van der Waals surface area contributed by atoms with Gasteiger partial charge in [-0.25, -0.2) is 0 Å². The summed E-state index contributed by atoms with van der Waals surface area (Å²) in [5, 5.41) is 25.1. The Morgan fingerprint density at radius 1 is 1.20 bits per heavy atom. The van der Waals surface area contributed by atoms with E-state index in [1.807, 2.05) is 49.4 Å². The van der Waals surface area contributed by atoms with E-state index in [-0.39, 0.29) is 12.5 Å². The Kier molecular flexibility index (Phi) is 5.23. The molecule has 0 aliphatic heterocycles. The molecule has 25 heavy (non-hydrogen) atoms. The molecule has 1 aromatic carbocycles. The zero-order valence-electron chi connectivity index (χ0n) is 14.1. The highest BCUT2D eigenvalue weighted by molar-refractivity contribution is 5.66. The van der Waals surface area contributed by atoms with Gasteiger partial charge in [-0.15, -0.1) is 15.3 Å². The molecule has 2 aromatic heterocycles. The summed E-state index contributed by atoms with van der Waals surface area (Å²) in [6.07, 6.45) is 2.10. The second kappa shape index (κ2) is 7.74. The van der Waals surface area contributed by atoms with Gasteiger partial charge >= 0.3 is 5.97 Å². The second-order valence-corrected chi connectivity index (χ2v) is 5.92. The Labute approximate surface area is 145 Å². The summed E-state index contributed by atoms with van der Waals surface area (Å²) in [5.41, 5.74) is 1.86. The van der Waals surface area contributed by atoms with Crippen molar-refractivity contribution in [3.63, 3.8) is 0 Å². The number of carbonyl (C=O) groups is 1. The van der Waals surface area contributed by atoms with Gasteiger partial charge in [0.1, 0.15) is 5.82 Å². The van der Waals surface area contributed by atoms with E-state index in [2.05, 4.69) is 20.6 Å². The highest BCUT2D eigenvalue weighted by Gasteiger charge is 2.14. The molecule has 130 valence electrons. The molecular formula is C18H21N5O2. The topological polar surface area (TPSA) is 92.4 Å². The third kappa shape index (κ3) is 4.32. The summed E-state index contributed by atoms with van der Waals surface area (Å²) in [6.45, 7) is 2.00. The maximum atomic E-state index is 11.0. The molecule has 0 saturated heterocycles. The number of rotatable bonds is 8. The molecule has 2 N–H and O–H groups in total. The first-order chi connectivity index (χ1) is 12.2. The van der Waals surface area contributed by atoms with Gasteiger partial charge in [-0.05, 0) is 30.5 Å². The number of hydrogen-bond acceptors (Lipinski definition) is 5. The molecule has 1 atom stereocenters. The normalized spacial score (nSPS) is 12.2. The lowest BCUT2D eigenvalue weighted by molar-refractivity contribution is -0.137. The van der Waals surface area contributed by atoms with Gasteiger partial charge < -0.3 is 10.4 Å². The molecule has 0 amide bonds. The fraction of sp³-hybridized carbons (Fsp3) is 0.333. The van der Waals surface area contributed by atoms with E-state index in [1.165, 1.54) is 0 Å². The SMILES string of the molecule is CCc1nnc2ccc(NC(CCC(=O)O)Cc3ccccc3)nn12. The van der Waals surface area contributed by atoms with Gasteiger partial charge in [-0.3, -0.25) is 4.79 Å². The molecule has 0 radical (unpaired) electrons. The van der Waals surface area contributed by atoms with E-state index in [0.717, 1.165) is 24.2 Å². The van der Waals surface area contributed by atoms with Crippen LogP contribution in [-0.4, -0.2) is 36.9 Å². The average Bonchev–Trinajstić information content (AvgIpc) is 3.03. The Morgan fingerprint density at radius 2 is 2.00 bits per heavy atom. The maximum Gasteiger partial charge on any atom is 0.303 e. The molecule has 7 nitrogen and oxygen atoms in total. The zero-order valence-corrected chi connectivity index (χ0v) is 14.1. The summed E-state index contributed by atoms with van der Waals surface area (Å²) in [5.74, 6) is 0.687. The van der Waals surface area contributed by atoms with Crippen LogP contribution in [0.15, 0.2) is 42.5 Å². The van der Waals surface area contributed by atoms with Crippen LogP contribution >= 0.6 is 0 Å². The van der Waals surface area contributed by atoms with Crippen molar-refractivity contribution in [3.05, 3.63) is 53.9 Å². The van der Waals surface area contributed by atoms with Crippen molar-refractivity contribution in [2.75, 3.05) is 5.32 Å². The van der Waals surface area contributed by atoms with E-state index in [1.54, 1.807) is 4.52 Å². The number of hydrogen-bond donors (Lipinski definition) is 2. The van der Waals surface area contributed by atoms with Gasteiger partial charge in [-0.2, -0.15) is 4.52 Å². The number of benzene rings is 1. The predicted octanol–water partition coefficient (Wildman–Crippen LogP) is 2.57. The highest BCUT2D eigenvalue weighted by atomic mass is 16.4. The van der Waals surface area contributed by atoms with E-state index >= 15 is 0 Å². The van der Waals surface area contributed by atoms with Crippen LogP contribution in [0.25, 0.3) is 5.65 Å². The molecule has 0 aliphatic rings. The molecule has 3 aromatic rings. The van der Waals surface area contributed by atoms with E-state index in [4.69, 9.17) is 5.11 Å². The fourth-order valence-electron chi connectivity index (χ4n) is 2.76. The van der Waals surface area contributed by atoms with Crippen LogP contribution in [0.5, 0.6) is 0 Å². The summed E-state index contributed by atoms with van der Waals surface area (Å²) < 4.78 is 1.72. The number of fused-ring (bicyclic) bond motifs is 1. The average molecular weight is 339 g/mol. The lowest BCUT2D eigenvalue weighted by Crippen LogP contribution is -2.24. The number of carboxylic acids is 1. The van der Waals surface area contributed by atoms with Crippen molar-refractivity contribution in [3.8, 4) is 0 Å². The molecule has 0 spiro atoms. The van der Waals surface area contributed by atoms with Gasteiger partial charge in [0.25, 0.3) is 0 Å². The Balaban J connectivity index is 1.79. The van der Waals surface area contributed by atoms with Crippen LogP contribution in [0.3, 0.4) is 0 Å². The predicted molar refractivity (Wildman–Crippen MR) is 94.6 cm³/mol. The highest BCUT2D eigenvalue weighted by Crippen LogP contribution is 2.14. The number of aryl methyl sites for hydroxylation is 1. The largest absolute Gasteiger partial charge is 0.481 e. The van der Waals surface area contributed by atoms with Gasteiger partial charge in [0.05, 0.1) is 0 Å². The summed E-state index contributed by atoms with van der Waals surface area (Å²) in [6, 6.07) is 13.7. The number of carboxylic acid groups (broad SMARTS) is 1. The third-order valence-electron chi connectivity index (χ3n) is 4.03. The summed E-state index contributed by atoms with van der Waals surface area (Å²) in [4.78, 5) is 11.0. The number of anilines is 1. The standard InChI is InChI=1S/C18H21N5O2/c1-2-16-20-21-17-10-9-15(22-23(16)17)19-14(8-11-18(24)25)12-13-6-4-3-5-7-13/h3-7,9-10,14H,2,8,11-12H2,1H3,(H,19,22)(H,24,25). The molecule has 0 bridgehead atoms. The van der Waals surface area contributed by atoms with Crippen molar-refractivity contribution in [1.29, 1.82) is 0 Å². The van der Waals surface area contributed by atoms with Crippen molar-refractivity contribution in [2.24, 2.45) is 0 Å². The lowest BCUT2D eigenvalue weighted by atomic mass is 10.0. The summed E-state index contributed by atoms with van der Waals surface area (Å²) in [7, 11) is 0. The van der Waals surface area contributed by atoms with E-state index in [0.29, 0.717) is 17.9 Å². The quantitative estimate of drug-likeness (QED) is 0.655. The van der Waals surface area contributed by atoms with E-state index in [9.17, 15) is 4.79 Å². The Bertz CT molecular complexity index is 847. The monoisotopic (exact) mass is 339 g/mol. The molecule has 2 heterocycles. The van der Waals surface area contributed by atoms with Gasteiger partial charge in [0.2, 0.25) is 0 Å². The van der Waals surface area contributed by atoms with E-state index < -0.39 is 5.97 Å². The van der Waals surface area contributed by atoms with Crippen LogP contribution < -0.4 is 5.32 Å². The third-order valence-corrected chi connectivity index (χ3v) is 4.03. The fourth-order valence-corrected chi connectivity index (χ4v) is 2.76. The van der Waals surface area contributed by atoms with Crippen LogP contribution in [0.2, 0.25) is 0 Å². The van der Waals surface area contributed by atoms with Crippen LogP contribution in [0.1, 0.15) is 31.2 Å². The number of aromatic nitrogens is 4. The van der Waals surface area contributed by atoms with Crippen molar-refractivity contribution < 1.29 is 9.90 Å². The Morgan fingerprint density at radius 3 is 2.72 bits per heavy atom.